The van der Waals surface area contributed by atoms with Crippen LogP contribution in [0.15, 0.2) is 41.1 Å². The molecule has 1 aromatic heterocycles. The van der Waals surface area contributed by atoms with Crippen molar-refractivity contribution in [2.75, 3.05) is 7.11 Å². The molecule has 2 rings (SSSR count). The number of esters is 1. The third kappa shape index (κ3) is 2.84. The molecule has 18 heavy (non-hydrogen) atoms. The van der Waals surface area contributed by atoms with E-state index in [0.717, 1.165) is 4.47 Å². The summed E-state index contributed by atoms with van der Waals surface area (Å²) in [7, 11) is 1.28. The summed E-state index contributed by atoms with van der Waals surface area (Å²) in [5.41, 5.74) is 0.0991. The fraction of sp³-hybridized carbons (Fsp3) is 0.0833. The van der Waals surface area contributed by atoms with Crippen LogP contribution in [0.4, 0.5) is 0 Å². The summed E-state index contributed by atoms with van der Waals surface area (Å²) in [6, 6.07) is 7.31. The molecule has 0 aliphatic rings. The van der Waals surface area contributed by atoms with E-state index in [1.807, 2.05) is 18.2 Å². The van der Waals surface area contributed by atoms with Gasteiger partial charge < -0.3 is 9.47 Å². The first-order valence-electron chi connectivity index (χ1n) is 5.03. The lowest BCUT2D eigenvalue weighted by Crippen LogP contribution is -2.05. The van der Waals surface area contributed by atoms with Crippen LogP contribution < -0.4 is 4.74 Å². The second-order valence-electron chi connectivity index (χ2n) is 3.27. The standard InChI is InChI=1S/C12H9BrN2O3/c1-17-12(16)9-6-14-7-11(15-9)18-10-5-3-2-4-8(10)13/h2-7H,1H3. The second kappa shape index (κ2) is 5.59. The maximum absolute atomic E-state index is 11.3. The Bertz CT molecular complexity index is 575. The van der Waals surface area contributed by atoms with E-state index >= 15 is 0 Å². The van der Waals surface area contributed by atoms with Crippen molar-refractivity contribution in [1.82, 2.24) is 9.97 Å². The van der Waals surface area contributed by atoms with Crippen LogP contribution in [-0.2, 0) is 4.74 Å². The molecule has 0 N–H and O–H groups in total. The summed E-state index contributed by atoms with van der Waals surface area (Å²) in [4.78, 5) is 19.2. The molecule has 0 spiro atoms. The molecule has 6 heteroatoms. The van der Waals surface area contributed by atoms with Gasteiger partial charge in [0.1, 0.15) is 5.75 Å². The monoisotopic (exact) mass is 308 g/mol. The van der Waals surface area contributed by atoms with Gasteiger partial charge >= 0.3 is 5.97 Å². The van der Waals surface area contributed by atoms with Gasteiger partial charge in [-0.05, 0) is 28.1 Å². The number of para-hydroxylation sites is 1. The predicted octanol–water partition coefficient (Wildman–Crippen LogP) is 2.82. The van der Waals surface area contributed by atoms with E-state index in [2.05, 4.69) is 30.6 Å². The van der Waals surface area contributed by atoms with Crippen molar-refractivity contribution >= 4 is 21.9 Å². The number of hydrogen-bond donors (Lipinski definition) is 0. The van der Waals surface area contributed by atoms with Crippen LogP contribution in [0.1, 0.15) is 10.5 Å². The van der Waals surface area contributed by atoms with Crippen LogP contribution >= 0.6 is 15.9 Å². The molecule has 0 saturated carbocycles. The summed E-state index contributed by atoms with van der Waals surface area (Å²) < 4.78 is 10.9. The van der Waals surface area contributed by atoms with Gasteiger partial charge in [0.25, 0.3) is 0 Å². The van der Waals surface area contributed by atoms with Crippen LogP contribution in [0.2, 0.25) is 0 Å². The zero-order chi connectivity index (χ0) is 13.0. The highest BCUT2D eigenvalue weighted by Crippen LogP contribution is 2.27. The number of carbonyl (C=O) groups is 1. The van der Waals surface area contributed by atoms with Crippen LogP contribution in [0.5, 0.6) is 11.6 Å². The van der Waals surface area contributed by atoms with Crippen LogP contribution in [0.3, 0.4) is 0 Å². The smallest absolute Gasteiger partial charge is 0.358 e. The molecule has 0 saturated heterocycles. The molecule has 1 aromatic carbocycles. The molecular formula is C12H9BrN2O3. The molecule has 0 aliphatic heterocycles. The molecule has 92 valence electrons. The maximum Gasteiger partial charge on any atom is 0.358 e. The Kier molecular flexibility index (Phi) is 3.88. The van der Waals surface area contributed by atoms with E-state index < -0.39 is 5.97 Å². The zero-order valence-electron chi connectivity index (χ0n) is 9.46. The van der Waals surface area contributed by atoms with E-state index in [1.54, 1.807) is 6.07 Å². The van der Waals surface area contributed by atoms with Crippen LogP contribution in [0, 0.1) is 0 Å². The highest BCUT2D eigenvalue weighted by molar-refractivity contribution is 9.10. The van der Waals surface area contributed by atoms with Crippen molar-refractivity contribution in [3.8, 4) is 11.6 Å². The van der Waals surface area contributed by atoms with E-state index in [9.17, 15) is 4.79 Å². The number of rotatable bonds is 3. The topological polar surface area (TPSA) is 61.3 Å². The molecule has 0 amide bonds. The van der Waals surface area contributed by atoms with Gasteiger partial charge in [0, 0.05) is 0 Å². The van der Waals surface area contributed by atoms with Crippen LogP contribution in [0.25, 0.3) is 0 Å². The van der Waals surface area contributed by atoms with Crippen LogP contribution in [-0.4, -0.2) is 23.0 Å². The average molecular weight is 309 g/mol. The zero-order valence-corrected chi connectivity index (χ0v) is 11.0. The van der Waals surface area contributed by atoms with Crippen molar-refractivity contribution in [1.29, 1.82) is 0 Å². The Labute approximate surface area is 112 Å². The highest BCUT2D eigenvalue weighted by Gasteiger charge is 2.10. The lowest BCUT2D eigenvalue weighted by Gasteiger charge is -2.06. The van der Waals surface area contributed by atoms with Gasteiger partial charge in [-0.15, -0.1) is 0 Å². The highest BCUT2D eigenvalue weighted by atomic mass is 79.9. The SMILES string of the molecule is COC(=O)c1cncc(Oc2ccccc2Br)n1. The molecule has 0 atom stereocenters. The van der Waals surface area contributed by atoms with Crippen molar-refractivity contribution in [2.24, 2.45) is 0 Å². The van der Waals surface area contributed by atoms with E-state index in [-0.39, 0.29) is 11.6 Å². The van der Waals surface area contributed by atoms with Gasteiger partial charge in [-0.2, -0.15) is 0 Å². The van der Waals surface area contributed by atoms with Gasteiger partial charge in [0.2, 0.25) is 5.88 Å². The molecule has 5 nitrogen and oxygen atoms in total. The number of benzene rings is 1. The van der Waals surface area contributed by atoms with Gasteiger partial charge in [-0.1, -0.05) is 12.1 Å². The third-order valence-corrected chi connectivity index (χ3v) is 2.71. The number of methoxy groups -OCH3 is 1. The lowest BCUT2D eigenvalue weighted by atomic mass is 10.3. The molecule has 1 heterocycles. The summed E-state index contributed by atoms with van der Waals surface area (Å²) in [6.07, 6.45) is 2.74. The summed E-state index contributed by atoms with van der Waals surface area (Å²) in [6.45, 7) is 0. The normalized spacial score (nSPS) is 9.89. The fourth-order valence-electron chi connectivity index (χ4n) is 1.24. The van der Waals surface area contributed by atoms with Gasteiger partial charge in [0.05, 0.1) is 24.0 Å². The summed E-state index contributed by atoms with van der Waals surface area (Å²) >= 11 is 3.35. The Balaban J connectivity index is 2.25. The average Bonchev–Trinajstić information content (AvgIpc) is 2.41. The number of aromatic nitrogens is 2. The number of nitrogens with zero attached hydrogens (tertiary/aromatic N) is 2. The molecule has 0 fully saturated rings. The molecular weight excluding hydrogens is 300 g/mol. The number of ether oxygens (including phenoxy) is 2. The number of hydrogen-bond acceptors (Lipinski definition) is 5. The van der Waals surface area contributed by atoms with Crippen molar-refractivity contribution in [3.63, 3.8) is 0 Å². The molecule has 0 bridgehead atoms. The van der Waals surface area contributed by atoms with Gasteiger partial charge in [-0.3, -0.25) is 4.98 Å². The van der Waals surface area contributed by atoms with E-state index in [0.29, 0.717) is 5.75 Å². The molecule has 0 unspecified atom stereocenters. The lowest BCUT2D eigenvalue weighted by molar-refractivity contribution is 0.0592. The molecule has 2 aromatic rings. The van der Waals surface area contributed by atoms with Crippen molar-refractivity contribution < 1.29 is 14.3 Å². The van der Waals surface area contributed by atoms with Gasteiger partial charge in [0.15, 0.2) is 5.69 Å². The Hall–Kier alpha value is -1.95. The minimum absolute atomic E-state index is 0.0991. The largest absolute Gasteiger partial charge is 0.464 e. The first kappa shape index (κ1) is 12.5. The van der Waals surface area contributed by atoms with Gasteiger partial charge in [-0.25, -0.2) is 9.78 Å². The van der Waals surface area contributed by atoms with Crippen molar-refractivity contribution in [3.05, 3.63) is 46.8 Å². The number of halogens is 1. The minimum atomic E-state index is -0.555. The van der Waals surface area contributed by atoms with E-state index in [1.165, 1.54) is 19.5 Å². The predicted molar refractivity (Wildman–Crippen MR) is 67.6 cm³/mol. The summed E-state index contributed by atoms with van der Waals surface area (Å²) in [5.74, 6) is 0.263. The Morgan fingerprint density at radius 2 is 2.06 bits per heavy atom. The first-order chi connectivity index (χ1) is 8.70. The van der Waals surface area contributed by atoms with Crippen molar-refractivity contribution in [2.45, 2.75) is 0 Å². The Morgan fingerprint density at radius 3 is 2.78 bits per heavy atom. The quantitative estimate of drug-likeness (QED) is 0.816. The fourth-order valence-corrected chi connectivity index (χ4v) is 1.61. The first-order valence-corrected chi connectivity index (χ1v) is 5.83. The Morgan fingerprint density at radius 1 is 1.28 bits per heavy atom. The minimum Gasteiger partial charge on any atom is -0.464 e. The molecule has 0 radical (unpaired) electrons. The second-order valence-corrected chi connectivity index (χ2v) is 4.12. The maximum atomic E-state index is 11.3. The third-order valence-electron chi connectivity index (χ3n) is 2.06. The molecule has 0 aliphatic carbocycles. The number of carbonyl (C=O) groups excluding carboxylic acids is 1. The van der Waals surface area contributed by atoms with E-state index in [4.69, 9.17) is 4.74 Å². The summed E-state index contributed by atoms with van der Waals surface area (Å²) in [5, 5.41) is 0.